The second-order valence-electron chi connectivity index (χ2n) is 13.2. The van der Waals surface area contributed by atoms with Gasteiger partial charge in [-0.15, -0.1) is 0 Å². The van der Waals surface area contributed by atoms with Gasteiger partial charge in [-0.05, 0) is 63.4 Å². The normalized spacial score (nSPS) is 14.4. The Kier molecular flexibility index (Phi) is 13.4. The van der Waals surface area contributed by atoms with Crippen molar-refractivity contribution in [2.45, 2.75) is 79.2 Å². The quantitative estimate of drug-likeness (QED) is 0.147. The maximum atomic E-state index is 13.5. The number of hydrogen-bond donors (Lipinski definition) is 3. The van der Waals surface area contributed by atoms with E-state index in [1.807, 2.05) is 6.92 Å². The number of nitrogens with one attached hydrogen (secondary N) is 3. The molecule has 2 aromatic rings. The first-order valence-electron chi connectivity index (χ1n) is 16.1. The lowest BCUT2D eigenvalue weighted by molar-refractivity contribution is -0.146. The minimum atomic E-state index is -1.47. The molecule has 5 amide bonds. The lowest BCUT2D eigenvalue weighted by Crippen LogP contribution is -2.58. The lowest BCUT2D eigenvalue weighted by Gasteiger charge is -2.29. The van der Waals surface area contributed by atoms with Crippen LogP contribution in [0, 0.1) is 18.8 Å². The highest BCUT2D eigenvalue weighted by atomic mass is 16.7. The van der Waals surface area contributed by atoms with Crippen LogP contribution >= 0.6 is 0 Å². The van der Waals surface area contributed by atoms with Gasteiger partial charge in [0, 0.05) is 30.2 Å². The number of rotatable bonds is 14. The molecule has 0 fully saturated rings. The van der Waals surface area contributed by atoms with E-state index in [1.165, 1.54) is 0 Å². The van der Waals surface area contributed by atoms with Crippen molar-refractivity contribution in [2.24, 2.45) is 11.8 Å². The number of anilines is 1. The van der Waals surface area contributed by atoms with Crippen LogP contribution in [0.15, 0.2) is 60.7 Å². The van der Waals surface area contributed by atoms with Crippen LogP contribution in [0.3, 0.4) is 0 Å². The van der Waals surface area contributed by atoms with E-state index >= 15 is 0 Å². The molecule has 0 radical (unpaired) electrons. The molecule has 0 bridgehead atoms. The molecule has 0 saturated heterocycles. The van der Waals surface area contributed by atoms with Crippen molar-refractivity contribution in [3.8, 4) is 5.75 Å². The summed E-state index contributed by atoms with van der Waals surface area (Å²) in [5.41, 5.74) is 1.28. The fourth-order valence-corrected chi connectivity index (χ4v) is 4.73. The number of aryl methyl sites for hydroxylation is 1. The van der Waals surface area contributed by atoms with Gasteiger partial charge in [0.05, 0.1) is 12.6 Å². The molecule has 2 aromatic carbocycles. The summed E-state index contributed by atoms with van der Waals surface area (Å²) in [6.07, 6.45) is 0.0660. The molecule has 0 aliphatic carbocycles. The van der Waals surface area contributed by atoms with E-state index in [1.54, 1.807) is 90.1 Å². The summed E-state index contributed by atoms with van der Waals surface area (Å²) in [6, 6.07) is 10.9. The van der Waals surface area contributed by atoms with Crippen LogP contribution in [0.25, 0.3) is 0 Å². The summed E-state index contributed by atoms with van der Waals surface area (Å²) in [7, 11) is 0. The molecular formula is C36H44N4O10. The fraction of sp³-hybridized carbons (Fsp3) is 0.417. The molecule has 50 heavy (non-hydrogen) atoms. The van der Waals surface area contributed by atoms with Crippen LogP contribution < -0.4 is 20.7 Å². The Morgan fingerprint density at radius 1 is 0.840 bits per heavy atom. The van der Waals surface area contributed by atoms with Crippen LogP contribution in [0.4, 0.5) is 15.3 Å². The lowest BCUT2D eigenvalue weighted by atomic mass is 9.92. The standard InChI is InChI=1S/C36H44N4O10/c1-21(2)31(39-33(45)27(40-29(42)16-17-30(40)43)19-37-34(46)50-36(5,6)7)28(41)18-23(4)32(44)38-25-12-10-24(11-13-25)20-48-35(47)49-26-14-8-22(3)9-15-26/h8-17,21,23,27,31H,18-20H2,1-7H3,(H,37,46)(H,38,44)(H,39,45)/t23-,27?,31+/m1/s1. The number of ketones is 1. The molecule has 14 heteroatoms. The first-order chi connectivity index (χ1) is 23.4. The number of Topliss-reactive ketones (excluding diaryl/α,β-unsaturated/α-hetero) is 1. The number of carbonyl (C=O) groups is 7. The Hall–Kier alpha value is -5.53. The molecule has 1 unspecified atom stereocenters. The molecule has 1 aliphatic heterocycles. The zero-order valence-corrected chi connectivity index (χ0v) is 29.2. The van der Waals surface area contributed by atoms with E-state index in [2.05, 4.69) is 16.0 Å². The van der Waals surface area contributed by atoms with Crippen LogP contribution in [-0.4, -0.2) is 70.8 Å². The molecule has 3 atom stereocenters. The van der Waals surface area contributed by atoms with Crippen molar-refractivity contribution in [1.29, 1.82) is 0 Å². The van der Waals surface area contributed by atoms with Crippen molar-refractivity contribution in [1.82, 2.24) is 15.5 Å². The molecular weight excluding hydrogens is 648 g/mol. The average molecular weight is 693 g/mol. The van der Waals surface area contributed by atoms with Gasteiger partial charge in [-0.2, -0.15) is 0 Å². The monoisotopic (exact) mass is 692 g/mol. The van der Waals surface area contributed by atoms with Crippen molar-refractivity contribution in [2.75, 3.05) is 11.9 Å². The summed E-state index contributed by atoms with van der Waals surface area (Å²) in [5.74, 6) is -4.10. The summed E-state index contributed by atoms with van der Waals surface area (Å²) in [4.78, 5) is 89.7. The van der Waals surface area contributed by atoms with Gasteiger partial charge in [-0.1, -0.05) is 50.6 Å². The Bertz CT molecular complexity index is 1590. The molecule has 3 rings (SSSR count). The van der Waals surface area contributed by atoms with Crippen LogP contribution in [0.2, 0.25) is 0 Å². The summed E-state index contributed by atoms with van der Waals surface area (Å²) < 4.78 is 15.5. The fourth-order valence-electron chi connectivity index (χ4n) is 4.73. The van der Waals surface area contributed by atoms with Crippen molar-refractivity contribution in [3.05, 3.63) is 71.8 Å². The number of carbonyl (C=O) groups excluding carboxylic acids is 7. The minimum Gasteiger partial charge on any atom is -0.444 e. The first kappa shape index (κ1) is 38.9. The van der Waals surface area contributed by atoms with Crippen LogP contribution in [0.1, 0.15) is 59.1 Å². The highest BCUT2D eigenvalue weighted by molar-refractivity contribution is 6.15. The third kappa shape index (κ3) is 11.9. The predicted octanol–water partition coefficient (Wildman–Crippen LogP) is 4.20. The maximum Gasteiger partial charge on any atom is 0.514 e. The van der Waals surface area contributed by atoms with Gasteiger partial charge in [-0.25, -0.2) is 9.59 Å². The number of amides is 5. The molecule has 0 spiro atoms. The van der Waals surface area contributed by atoms with E-state index in [9.17, 15) is 33.6 Å². The third-order valence-electron chi connectivity index (χ3n) is 7.36. The topological polar surface area (TPSA) is 187 Å². The second kappa shape index (κ2) is 17.2. The molecule has 14 nitrogen and oxygen atoms in total. The Balaban J connectivity index is 1.56. The van der Waals surface area contributed by atoms with Crippen molar-refractivity contribution < 1.29 is 47.8 Å². The van der Waals surface area contributed by atoms with E-state index in [4.69, 9.17) is 14.2 Å². The summed E-state index contributed by atoms with van der Waals surface area (Å²) in [5, 5.41) is 7.76. The van der Waals surface area contributed by atoms with Crippen LogP contribution in [-0.2, 0) is 40.1 Å². The molecule has 0 aromatic heterocycles. The zero-order chi connectivity index (χ0) is 37.2. The second-order valence-corrected chi connectivity index (χ2v) is 13.2. The Morgan fingerprint density at radius 3 is 2.00 bits per heavy atom. The molecule has 268 valence electrons. The van der Waals surface area contributed by atoms with Crippen molar-refractivity contribution >= 4 is 47.3 Å². The predicted molar refractivity (Wildman–Crippen MR) is 182 cm³/mol. The summed E-state index contributed by atoms with van der Waals surface area (Å²) in [6.45, 7) is 11.3. The number of ether oxygens (including phenoxy) is 3. The number of alkyl carbamates (subject to hydrolysis) is 1. The molecule has 3 N–H and O–H groups in total. The highest BCUT2D eigenvalue weighted by Crippen LogP contribution is 2.18. The summed E-state index contributed by atoms with van der Waals surface area (Å²) >= 11 is 0. The molecule has 1 heterocycles. The average Bonchev–Trinajstić information content (AvgIpc) is 3.36. The van der Waals surface area contributed by atoms with Crippen molar-refractivity contribution in [3.63, 3.8) is 0 Å². The van der Waals surface area contributed by atoms with Gasteiger partial charge >= 0.3 is 12.2 Å². The van der Waals surface area contributed by atoms with E-state index in [0.717, 1.165) is 17.7 Å². The number of benzene rings is 2. The van der Waals surface area contributed by atoms with Gasteiger partial charge in [-0.3, -0.25) is 28.9 Å². The third-order valence-corrected chi connectivity index (χ3v) is 7.36. The van der Waals surface area contributed by atoms with Gasteiger partial charge in [0.25, 0.3) is 11.8 Å². The molecule has 1 aliphatic rings. The van der Waals surface area contributed by atoms with Gasteiger partial charge < -0.3 is 30.2 Å². The number of hydrogen-bond acceptors (Lipinski definition) is 10. The van der Waals surface area contributed by atoms with Gasteiger partial charge in [0.2, 0.25) is 11.8 Å². The Labute approximate surface area is 290 Å². The first-order valence-corrected chi connectivity index (χ1v) is 16.1. The zero-order valence-electron chi connectivity index (χ0n) is 29.2. The maximum absolute atomic E-state index is 13.5. The van der Waals surface area contributed by atoms with Crippen LogP contribution in [0.5, 0.6) is 5.75 Å². The highest BCUT2D eigenvalue weighted by Gasteiger charge is 2.38. The van der Waals surface area contributed by atoms with E-state index < -0.39 is 77.7 Å². The number of imide groups is 1. The van der Waals surface area contributed by atoms with Gasteiger partial charge in [0.15, 0.2) is 5.78 Å². The smallest absolute Gasteiger partial charge is 0.444 e. The van der Waals surface area contributed by atoms with Gasteiger partial charge in [0.1, 0.15) is 24.0 Å². The molecule has 0 saturated carbocycles. The van der Waals surface area contributed by atoms with E-state index in [-0.39, 0.29) is 13.0 Å². The minimum absolute atomic E-state index is 0.0549. The largest absolute Gasteiger partial charge is 0.514 e. The Morgan fingerprint density at radius 2 is 1.44 bits per heavy atom. The van der Waals surface area contributed by atoms with E-state index in [0.29, 0.717) is 21.9 Å². The SMILES string of the molecule is Cc1ccc(OC(=O)OCc2ccc(NC(=O)[C@H](C)CC(=O)[C@@H](NC(=O)C(CNC(=O)OC(C)(C)C)N3C(=O)C=CC3=O)C(C)C)cc2)cc1. The number of nitrogens with zero attached hydrogens (tertiary/aromatic N) is 1.